The lowest BCUT2D eigenvalue weighted by atomic mass is 10.2. The summed E-state index contributed by atoms with van der Waals surface area (Å²) in [6, 6.07) is 0. The standard InChI is InChI=1S/C10H15F2NO2/c1-5-6-13(7-8(11)12)9(14)15-10(2,3)4/h1,8H,6-7H2,2-4H3. The van der Waals surface area contributed by atoms with Crippen LogP contribution in [0.1, 0.15) is 20.8 Å². The van der Waals surface area contributed by atoms with Crippen LogP contribution in [-0.4, -0.2) is 36.1 Å². The van der Waals surface area contributed by atoms with Gasteiger partial charge in [-0.3, -0.25) is 4.90 Å². The van der Waals surface area contributed by atoms with E-state index in [-0.39, 0.29) is 6.54 Å². The molecule has 0 atom stereocenters. The van der Waals surface area contributed by atoms with Crippen LogP contribution < -0.4 is 0 Å². The smallest absolute Gasteiger partial charge is 0.411 e. The van der Waals surface area contributed by atoms with E-state index in [1.165, 1.54) is 0 Å². The molecule has 0 aromatic heterocycles. The lowest BCUT2D eigenvalue weighted by Gasteiger charge is -2.25. The lowest BCUT2D eigenvalue weighted by Crippen LogP contribution is -2.39. The van der Waals surface area contributed by atoms with Crippen LogP contribution in [0.4, 0.5) is 13.6 Å². The molecular formula is C10H15F2NO2. The summed E-state index contributed by atoms with van der Waals surface area (Å²) in [7, 11) is 0. The molecule has 0 aliphatic carbocycles. The zero-order valence-electron chi connectivity index (χ0n) is 9.09. The molecule has 86 valence electrons. The van der Waals surface area contributed by atoms with Crippen molar-refractivity contribution in [3.05, 3.63) is 0 Å². The molecule has 5 heteroatoms. The average molecular weight is 219 g/mol. The Balaban J connectivity index is 4.37. The molecule has 0 saturated carbocycles. The second kappa shape index (κ2) is 5.54. The SMILES string of the molecule is C#CCN(CC(F)F)C(=O)OC(C)(C)C. The van der Waals surface area contributed by atoms with Crippen molar-refractivity contribution >= 4 is 6.09 Å². The maximum Gasteiger partial charge on any atom is 0.411 e. The van der Waals surface area contributed by atoms with E-state index in [1.807, 2.05) is 0 Å². The van der Waals surface area contributed by atoms with Gasteiger partial charge in [-0.25, -0.2) is 13.6 Å². The van der Waals surface area contributed by atoms with Crippen LogP contribution in [0.15, 0.2) is 0 Å². The minimum atomic E-state index is -2.62. The quantitative estimate of drug-likeness (QED) is 0.680. The average Bonchev–Trinajstić information content (AvgIpc) is 1.99. The molecule has 0 spiro atoms. The second-order valence-corrected chi connectivity index (χ2v) is 3.96. The first-order valence-corrected chi connectivity index (χ1v) is 4.46. The summed E-state index contributed by atoms with van der Waals surface area (Å²) < 4.78 is 29.1. The predicted octanol–water partition coefficient (Wildman–Crippen LogP) is 2.12. The molecule has 0 unspecified atom stereocenters. The van der Waals surface area contributed by atoms with Crippen LogP contribution in [0.3, 0.4) is 0 Å². The number of carbonyl (C=O) groups is 1. The lowest BCUT2D eigenvalue weighted by molar-refractivity contribution is 0.0136. The summed E-state index contributed by atoms with van der Waals surface area (Å²) in [5.74, 6) is 2.13. The van der Waals surface area contributed by atoms with Crippen molar-refractivity contribution in [1.82, 2.24) is 4.90 Å². The highest BCUT2D eigenvalue weighted by atomic mass is 19.3. The molecule has 0 fully saturated rings. The first-order valence-electron chi connectivity index (χ1n) is 4.46. The molecule has 0 radical (unpaired) electrons. The van der Waals surface area contributed by atoms with Gasteiger partial charge in [0.15, 0.2) is 0 Å². The molecule has 0 heterocycles. The molecule has 1 amide bonds. The number of carbonyl (C=O) groups excluding carboxylic acids is 1. The van der Waals surface area contributed by atoms with Crippen molar-refractivity contribution in [3.8, 4) is 12.3 Å². The Bertz CT molecular complexity index is 253. The highest BCUT2D eigenvalue weighted by molar-refractivity contribution is 5.68. The molecular weight excluding hydrogens is 204 g/mol. The van der Waals surface area contributed by atoms with Crippen molar-refractivity contribution in [1.29, 1.82) is 0 Å². The summed E-state index contributed by atoms with van der Waals surface area (Å²) in [4.78, 5) is 12.2. The minimum Gasteiger partial charge on any atom is -0.444 e. The largest absolute Gasteiger partial charge is 0.444 e. The zero-order valence-corrected chi connectivity index (χ0v) is 9.09. The van der Waals surface area contributed by atoms with Gasteiger partial charge in [-0.15, -0.1) is 6.42 Å². The van der Waals surface area contributed by atoms with E-state index in [9.17, 15) is 13.6 Å². The molecule has 0 rings (SSSR count). The second-order valence-electron chi connectivity index (χ2n) is 3.96. The summed E-state index contributed by atoms with van der Waals surface area (Å²) in [6.07, 6.45) is 1.52. The fourth-order valence-corrected chi connectivity index (χ4v) is 0.807. The van der Waals surface area contributed by atoms with Gasteiger partial charge in [0.25, 0.3) is 6.43 Å². The van der Waals surface area contributed by atoms with Crippen LogP contribution in [0, 0.1) is 12.3 Å². The highest BCUT2D eigenvalue weighted by Crippen LogP contribution is 2.10. The third-order valence-corrected chi connectivity index (χ3v) is 1.29. The number of ether oxygens (including phenoxy) is 1. The number of halogens is 2. The van der Waals surface area contributed by atoms with Gasteiger partial charge >= 0.3 is 6.09 Å². The van der Waals surface area contributed by atoms with Crippen molar-refractivity contribution in [2.24, 2.45) is 0 Å². The summed E-state index contributed by atoms with van der Waals surface area (Å²) in [5.41, 5.74) is -0.716. The van der Waals surface area contributed by atoms with E-state index in [1.54, 1.807) is 20.8 Å². The van der Waals surface area contributed by atoms with Gasteiger partial charge in [0, 0.05) is 0 Å². The zero-order chi connectivity index (χ0) is 12.1. The fourth-order valence-electron chi connectivity index (χ4n) is 0.807. The first-order chi connectivity index (χ1) is 6.76. The van der Waals surface area contributed by atoms with E-state index in [0.717, 1.165) is 4.90 Å². The maximum absolute atomic E-state index is 12.1. The van der Waals surface area contributed by atoms with E-state index in [0.29, 0.717) is 0 Å². The Hall–Kier alpha value is -1.31. The topological polar surface area (TPSA) is 29.5 Å². The Morgan fingerprint density at radius 1 is 1.53 bits per heavy atom. The fraction of sp³-hybridized carbons (Fsp3) is 0.700. The molecule has 0 aromatic carbocycles. The van der Waals surface area contributed by atoms with Crippen LogP contribution in [0.25, 0.3) is 0 Å². The van der Waals surface area contributed by atoms with E-state index in [2.05, 4.69) is 5.92 Å². The first kappa shape index (κ1) is 13.7. The Morgan fingerprint density at radius 2 is 2.07 bits per heavy atom. The summed E-state index contributed by atoms with van der Waals surface area (Å²) in [5, 5.41) is 0. The van der Waals surface area contributed by atoms with Crippen LogP contribution in [0.2, 0.25) is 0 Å². The number of hydrogen-bond acceptors (Lipinski definition) is 2. The van der Waals surface area contributed by atoms with E-state index in [4.69, 9.17) is 11.2 Å². The van der Waals surface area contributed by atoms with Gasteiger partial charge in [0.05, 0.1) is 13.1 Å². The van der Waals surface area contributed by atoms with Gasteiger partial charge in [-0.05, 0) is 20.8 Å². The van der Waals surface area contributed by atoms with Gasteiger partial charge in [-0.2, -0.15) is 0 Å². The molecule has 0 aliphatic rings. The Morgan fingerprint density at radius 3 is 2.40 bits per heavy atom. The number of terminal acetylenes is 1. The van der Waals surface area contributed by atoms with Gasteiger partial charge in [0.2, 0.25) is 0 Å². The predicted molar refractivity (Wildman–Crippen MR) is 52.6 cm³/mol. The minimum absolute atomic E-state index is 0.181. The summed E-state index contributed by atoms with van der Waals surface area (Å²) in [6.45, 7) is 4.07. The van der Waals surface area contributed by atoms with Gasteiger partial charge in [-0.1, -0.05) is 5.92 Å². The normalized spacial score (nSPS) is 11.0. The maximum atomic E-state index is 12.1. The molecule has 0 N–H and O–H groups in total. The number of nitrogens with zero attached hydrogens (tertiary/aromatic N) is 1. The van der Waals surface area contributed by atoms with Crippen molar-refractivity contribution < 1.29 is 18.3 Å². The molecule has 15 heavy (non-hydrogen) atoms. The van der Waals surface area contributed by atoms with Gasteiger partial charge in [0.1, 0.15) is 5.60 Å². The third kappa shape index (κ3) is 6.72. The Kier molecular flexibility index (Phi) is 5.06. The van der Waals surface area contributed by atoms with E-state index >= 15 is 0 Å². The number of alkyl halides is 2. The van der Waals surface area contributed by atoms with Crippen LogP contribution in [-0.2, 0) is 4.74 Å². The van der Waals surface area contributed by atoms with E-state index < -0.39 is 24.7 Å². The molecule has 0 bridgehead atoms. The number of rotatable bonds is 3. The third-order valence-electron chi connectivity index (χ3n) is 1.29. The number of amides is 1. The van der Waals surface area contributed by atoms with Crippen LogP contribution >= 0.6 is 0 Å². The van der Waals surface area contributed by atoms with Crippen molar-refractivity contribution in [2.45, 2.75) is 32.8 Å². The Labute approximate surface area is 88.4 Å². The van der Waals surface area contributed by atoms with Crippen LogP contribution in [0.5, 0.6) is 0 Å². The van der Waals surface area contributed by atoms with Gasteiger partial charge < -0.3 is 4.74 Å². The molecule has 0 aliphatic heterocycles. The molecule has 3 nitrogen and oxygen atoms in total. The number of hydrogen-bond donors (Lipinski definition) is 0. The monoisotopic (exact) mass is 219 g/mol. The highest BCUT2D eigenvalue weighted by Gasteiger charge is 2.23. The molecule has 0 aromatic rings. The van der Waals surface area contributed by atoms with Crippen molar-refractivity contribution in [2.75, 3.05) is 13.1 Å². The summed E-state index contributed by atoms with van der Waals surface area (Å²) >= 11 is 0. The van der Waals surface area contributed by atoms with Crippen molar-refractivity contribution in [3.63, 3.8) is 0 Å². The molecule has 0 saturated heterocycles.